The van der Waals surface area contributed by atoms with Gasteiger partial charge in [0.05, 0.1) is 0 Å². The van der Waals surface area contributed by atoms with Gasteiger partial charge in [-0.3, -0.25) is 4.79 Å². The monoisotopic (exact) mass is 359 g/mol. The molecular weight excluding hydrogens is 342 g/mol. The first-order valence-electron chi connectivity index (χ1n) is 7.60. The number of benzene rings is 1. The number of nitriles is 2. The van der Waals surface area contributed by atoms with Gasteiger partial charge in [0.15, 0.2) is 13.2 Å². The summed E-state index contributed by atoms with van der Waals surface area (Å²) in [5.74, 6) is -1.58. The van der Waals surface area contributed by atoms with Crippen molar-refractivity contribution in [1.29, 1.82) is 10.5 Å². The fourth-order valence-corrected chi connectivity index (χ4v) is 1.81. The average molecular weight is 359 g/mol. The van der Waals surface area contributed by atoms with Crippen LogP contribution in [0.25, 0.3) is 0 Å². The molecule has 0 aliphatic carbocycles. The summed E-state index contributed by atoms with van der Waals surface area (Å²) < 4.78 is 14.2. The minimum absolute atomic E-state index is 0.00313. The molecule has 0 fully saturated rings. The van der Waals surface area contributed by atoms with Crippen LogP contribution in [0.15, 0.2) is 30.3 Å². The quantitative estimate of drug-likeness (QED) is 0.512. The Bertz CT molecular complexity index is 693. The predicted octanol–water partition coefficient (Wildman–Crippen LogP) is 1.20. The number of ether oxygens (including phenoxy) is 3. The summed E-state index contributed by atoms with van der Waals surface area (Å²) in [5, 5.41) is 19.1. The van der Waals surface area contributed by atoms with E-state index in [0.717, 1.165) is 5.56 Å². The highest BCUT2D eigenvalue weighted by atomic mass is 16.6. The van der Waals surface area contributed by atoms with Crippen molar-refractivity contribution in [3.63, 3.8) is 0 Å². The molecule has 9 heteroatoms. The lowest BCUT2D eigenvalue weighted by atomic mass is 10.1. The van der Waals surface area contributed by atoms with E-state index in [-0.39, 0.29) is 19.4 Å². The number of hydrogen-bond acceptors (Lipinski definition) is 8. The van der Waals surface area contributed by atoms with Gasteiger partial charge in [0.2, 0.25) is 0 Å². The lowest BCUT2D eigenvalue weighted by Gasteiger charge is -2.16. The van der Waals surface area contributed by atoms with Crippen LogP contribution >= 0.6 is 0 Å². The standard InChI is InChI=1S/C17H17N3O6/c18-8-10-24-15(21)7-6-14(16(22)25-11-9-19)20-17(23)26-12-13-4-2-1-3-5-13/h1-5,14H,6-7,10-12H2,(H,20,23)/t14-/m0/s1. The van der Waals surface area contributed by atoms with Crippen molar-refractivity contribution in [2.45, 2.75) is 25.5 Å². The maximum Gasteiger partial charge on any atom is 0.408 e. The molecule has 1 aromatic carbocycles. The van der Waals surface area contributed by atoms with Gasteiger partial charge in [0.25, 0.3) is 0 Å². The number of hydrogen-bond donors (Lipinski definition) is 1. The van der Waals surface area contributed by atoms with Gasteiger partial charge in [0.1, 0.15) is 24.8 Å². The van der Waals surface area contributed by atoms with Gasteiger partial charge >= 0.3 is 18.0 Å². The molecule has 1 N–H and O–H groups in total. The van der Waals surface area contributed by atoms with E-state index in [2.05, 4.69) is 14.8 Å². The molecule has 0 aromatic heterocycles. The lowest BCUT2D eigenvalue weighted by molar-refractivity contribution is -0.146. The highest BCUT2D eigenvalue weighted by molar-refractivity contribution is 5.82. The van der Waals surface area contributed by atoms with Crippen LogP contribution in [0.3, 0.4) is 0 Å². The van der Waals surface area contributed by atoms with Crippen LogP contribution in [0.1, 0.15) is 18.4 Å². The molecule has 0 heterocycles. The number of esters is 2. The van der Waals surface area contributed by atoms with Crippen molar-refractivity contribution < 1.29 is 28.6 Å². The van der Waals surface area contributed by atoms with Gasteiger partial charge in [-0.2, -0.15) is 10.5 Å². The van der Waals surface area contributed by atoms with Crippen molar-refractivity contribution in [3.05, 3.63) is 35.9 Å². The van der Waals surface area contributed by atoms with E-state index in [1.54, 1.807) is 36.4 Å². The minimum atomic E-state index is -1.19. The molecule has 1 rings (SSSR count). The Morgan fingerprint density at radius 3 is 2.31 bits per heavy atom. The molecule has 0 saturated heterocycles. The molecule has 9 nitrogen and oxygen atoms in total. The van der Waals surface area contributed by atoms with Crippen molar-refractivity contribution >= 4 is 18.0 Å². The smallest absolute Gasteiger partial charge is 0.408 e. The first-order chi connectivity index (χ1) is 12.6. The molecule has 1 aromatic rings. The molecule has 0 spiro atoms. The average Bonchev–Trinajstić information content (AvgIpc) is 2.66. The van der Waals surface area contributed by atoms with E-state index < -0.39 is 37.3 Å². The number of nitrogens with zero attached hydrogens (tertiary/aromatic N) is 2. The van der Waals surface area contributed by atoms with Crippen molar-refractivity contribution in [2.75, 3.05) is 13.2 Å². The zero-order valence-electron chi connectivity index (χ0n) is 13.8. The number of rotatable bonds is 9. The van der Waals surface area contributed by atoms with E-state index in [1.165, 1.54) is 0 Å². The number of nitrogens with one attached hydrogen (secondary N) is 1. The number of carbonyl (C=O) groups is 3. The summed E-state index contributed by atoms with van der Waals surface area (Å²) in [6, 6.07) is 11.0. The summed E-state index contributed by atoms with van der Waals surface area (Å²) in [6.45, 7) is -0.902. The maximum atomic E-state index is 11.9. The topological polar surface area (TPSA) is 139 Å². The summed E-state index contributed by atoms with van der Waals surface area (Å²) >= 11 is 0. The Hall–Kier alpha value is -3.59. The van der Waals surface area contributed by atoms with E-state index in [0.29, 0.717) is 0 Å². The maximum absolute atomic E-state index is 11.9. The van der Waals surface area contributed by atoms with Crippen LogP contribution in [0.4, 0.5) is 4.79 Å². The fraction of sp³-hybridized carbons (Fsp3) is 0.353. The van der Waals surface area contributed by atoms with E-state index >= 15 is 0 Å². The molecule has 0 aliphatic heterocycles. The van der Waals surface area contributed by atoms with Crippen LogP contribution in [-0.4, -0.2) is 37.3 Å². The zero-order chi connectivity index (χ0) is 19.2. The third-order valence-corrected chi connectivity index (χ3v) is 3.00. The predicted molar refractivity (Wildman–Crippen MR) is 85.9 cm³/mol. The number of alkyl carbamates (subject to hydrolysis) is 1. The molecule has 0 saturated carbocycles. The number of carbonyl (C=O) groups excluding carboxylic acids is 3. The summed E-state index contributed by atoms with van der Waals surface area (Å²) in [4.78, 5) is 35.2. The van der Waals surface area contributed by atoms with Gasteiger partial charge in [-0.1, -0.05) is 30.3 Å². The Kier molecular flexibility index (Phi) is 9.34. The summed E-state index contributed by atoms with van der Waals surface area (Å²) in [6.07, 6.45) is -1.24. The van der Waals surface area contributed by atoms with Gasteiger partial charge in [-0.05, 0) is 12.0 Å². The molecule has 0 radical (unpaired) electrons. The van der Waals surface area contributed by atoms with Crippen LogP contribution < -0.4 is 5.32 Å². The second-order valence-electron chi connectivity index (χ2n) is 4.88. The second-order valence-corrected chi connectivity index (χ2v) is 4.88. The highest BCUT2D eigenvalue weighted by Crippen LogP contribution is 2.05. The third kappa shape index (κ3) is 8.31. The lowest BCUT2D eigenvalue weighted by Crippen LogP contribution is -2.42. The number of amides is 1. The van der Waals surface area contributed by atoms with E-state index in [1.807, 2.05) is 6.07 Å². The molecule has 1 atom stereocenters. The summed E-state index contributed by atoms with van der Waals surface area (Å²) in [5.41, 5.74) is 0.756. The molecule has 0 unspecified atom stereocenters. The first kappa shape index (κ1) is 20.5. The largest absolute Gasteiger partial charge is 0.450 e. The van der Waals surface area contributed by atoms with Crippen molar-refractivity contribution in [3.8, 4) is 12.1 Å². The van der Waals surface area contributed by atoms with Crippen LogP contribution in [0.2, 0.25) is 0 Å². The zero-order valence-corrected chi connectivity index (χ0v) is 13.8. The van der Waals surface area contributed by atoms with Crippen molar-refractivity contribution in [2.24, 2.45) is 0 Å². The van der Waals surface area contributed by atoms with Crippen LogP contribution in [-0.2, 0) is 30.4 Å². The Morgan fingerprint density at radius 2 is 1.65 bits per heavy atom. The van der Waals surface area contributed by atoms with Crippen LogP contribution in [0, 0.1) is 22.7 Å². The third-order valence-electron chi connectivity index (χ3n) is 3.00. The Labute approximate surface area is 150 Å². The van der Waals surface area contributed by atoms with E-state index in [9.17, 15) is 14.4 Å². The van der Waals surface area contributed by atoms with Gasteiger partial charge in [0, 0.05) is 6.42 Å². The fourth-order valence-electron chi connectivity index (χ4n) is 1.81. The molecular formula is C17H17N3O6. The van der Waals surface area contributed by atoms with Crippen LogP contribution in [0.5, 0.6) is 0 Å². The van der Waals surface area contributed by atoms with E-state index in [4.69, 9.17) is 15.3 Å². The normalized spacial score (nSPS) is 10.5. The molecule has 0 bridgehead atoms. The Balaban J connectivity index is 2.55. The summed E-state index contributed by atoms with van der Waals surface area (Å²) in [7, 11) is 0. The highest BCUT2D eigenvalue weighted by Gasteiger charge is 2.24. The Morgan fingerprint density at radius 1 is 1.00 bits per heavy atom. The van der Waals surface area contributed by atoms with Gasteiger partial charge in [-0.25, -0.2) is 9.59 Å². The molecule has 1 amide bonds. The first-order valence-corrected chi connectivity index (χ1v) is 7.60. The molecule has 136 valence electrons. The SMILES string of the molecule is N#CCOC(=O)CC[C@H](NC(=O)OCc1ccccc1)C(=O)OCC#N. The molecule has 0 aliphatic rings. The van der Waals surface area contributed by atoms with Gasteiger partial charge in [-0.15, -0.1) is 0 Å². The second kappa shape index (κ2) is 11.9. The van der Waals surface area contributed by atoms with Crippen molar-refractivity contribution in [1.82, 2.24) is 5.32 Å². The van der Waals surface area contributed by atoms with Gasteiger partial charge < -0.3 is 19.5 Å². The minimum Gasteiger partial charge on any atom is -0.450 e. The molecule has 26 heavy (non-hydrogen) atoms.